The smallest absolute Gasteiger partial charge is 0.322 e. The number of carbonyl (C=O) groups is 1. The summed E-state index contributed by atoms with van der Waals surface area (Å²) in [5.74, 6) is 0.743. The molecule has 0 unspecified atom stereocenters. The lowest BCUT2D eigenvalue weighted by molar-refractivity contribution is 0.143. The van der Waals surface area contributed by atoms with Crippen LogP contribution in [0.3, 0.4) is 0 Å². The van der Waals surface area contributed by atoms with Crippen LogP contribution in [-0.2, 0) is 6.54 Å². The SMILES string of the molecule is CCCOc1cc(C)ccc1NC(=O)N1CCN(Cc2ccccc2)CC1. The number of nitrogens with zero attached hydrogens (tertiary/aromatic N) is 2. The predicted octanol–water partition coefficient (Wildman–Crippen LogP) is 4.13. The van der Waals surface area contributed by atoms with Crippen LogP contribution < -0.4 is 10.1 Å². The van der Waals surface area contributed by atoms with E-state index in [-0.39, 0.29) is 6.03 Å². The topological polar surface area (TPSA) is 44.8 Å². The zero-order valence-electron chi connectivity index (χ0n) is 16.3. The van der Waals surface area contributed by atoms with Crippen molar-refractivity contribution < 1.29 is 9.53 Å². The number of carbonyl (C=O) groups excluding carboxylic acids is 1. The quantitative estimate of drug-likeness (QED) is 0.835. The molecular weight excluding hydrogens is 338 g/mol. The molecule has 3 rings (SSSR count). The van der Waals surface area contributed by atoms with Gasteiger partial charge in [-0.25, -0.2) is 4.79 Å². The second kappa shape index (κ2) is 9.42. The van der Waals surface area contributed by atoms with E-state index in [0.29, 0.717) is 6.61 Å². The Balaban J connectivity index is 1.54. The van der Waals surface area contributed by atoms with Gasteiger partial charge in [0.15, 0.2) is 0 Å². The van der Waals surface area contributed by atoms with Crippen LogP contribution in [0.25, 0.3) is 0 Å². The number of nitrogens with one attached hydrogen (secondary N) is 1. The van der Waals surface area contributed by atoms with Crippen LogP contribution >= 0.6 is 0 Å². The molecule has 1 heterocycles. The Kier molecular flexibility index (Phi) is 6.71. The molecule has 0 bridgehead atoms. The highest BCUT2D eigenvalue weighted by Crippen LogP contribution is 2.26. The van der Waals surface area contributed by atoms with Gasteiger partial charge in [0.25, 0.3) is 0 Å². The number of benzene rings is 2. The fourth-order valence-corrected chi connectivity index (χ4v) is 3.21. The molecule has 5 heteroatoms. The van der Waals surface area contributed by atoms with Crippen molar-refractivity contribution in [3.8, 4) is 5.75 Å². The summed E-state index contributed by atoms with van der Waals surface area (Å²) in [7, 11) is 0. The standard InChI is InChI=1S/C22H29N3O2/c1-3-15-27-21-16-18(2)9-10-20(21)23-22(26)25-13-11-24(12-14-25)17-19-7-5-4-6-8-19/h4-10,16H,3,11-15,17H2,1-2H3,(H,23,26). The Hall–Kier alpha value is -2.53. The number of rotatable bonds is 6. The summed E-state index contributed by atoms with van der Waals surface area (Å²) < 4.78 is 5.80. The highest BCUT2D eigenvalue weighted by Gasteiger charge is 2.22. The number of hydrogen-bond acceptors (Lipinski definition) is 3. The number of hydrogen-bond donors (Lipinski definition) is 1. The molecular formula is C22H29N3O2. The van der Waals surface area contributed by atoms with E-state index >= 15 is 0 Å². The lowest BCUT2D eigenvalue weighted by Crippen LogP contribution is -2.49. The molecule has 0 radical (unpaired) electrons. The van der Waals surface area contributed by atoms with Crippen LogP contribution in [0.15, 0.2) is 48.5 Å². The van der Waals surface area contributed by atoms with Crippen LogP contribution in [0.1, 0.15) is 24.5 Å². The van der Waals surface area contributed by atoms with E-state index in [1.807, 2.05) is 36.1 Å². The van der Waals surface area contributed by atoms with Gasteiger partial charge in [-0.05, 0) is 36.6 Å². The van der Waals surface area contributed by atoms with Gasteiger partial charge in [0, 0.05) is 32.7 Å². The van der Waals surface area contributed by atoms with E-state index in [0.717, 1.165) is 56.1 Å². The van der Waals surface area contributed by atoms with Gasteiger partial charge in [-0.3, -0.25) is 4.90 Å². The Bertz CT molecular complexity index is 740. The Morgan fingerprint density at radius 1 is 1.07 bits per heavy atom. The number of urea groups is 1. The van der Waals surface area contributed by atoms with Gasteiger partial charge in [0.2, 0.25) is 0 Å². The van der Waals surface area contributed by atoms with Gasteiger partial charge in [0.1, 0.15) is 5.75 Å². The minimum atomic E-state index is -0.0560. The first-order chi connectivity index (χ1) is 13.2. The molecule has 2 amide bonds. The maximum Gasteiger partial charge on any atom is 0.322 e. The largest absolute Gasteiger partial charge is 0.491 e. The van der Waals surface area contributed by atoms with Crippen molar-refractivity contribution in [3.63, 3.8) is 0 Å². The van der Waals surface area contributed by atoms with Crippen molar-refractivity contribution in [1.82, 2.24) is 9.80 Å². The van der Waals surface area contributed by atoms with E-state index in [2.05, 4.69) is 41.4 Å². The van der Waals surface area contributed by atoms with E-state index in [4.69, 9.17) is 4.74 Å². The van der Waals surface area contributed by atoms with E-state index in [1.54, 1.807) is 0 Å². The van der Waals surface area contributed by atoms with Crippen molar-refractivity contribution in [2.24, 2.45) is 0 Å². The number of amides is 2. The summed E-state index contributed by atoms with van der Waals surface area (Å²) in [6.07, 6.45) is 0.935. The lowest BCUT2D eigenvalue weighted by atomic mass is 10.2. The van der Waals surface area contributed by atoms with Crippen molar-refractivity contribution in [2.45, 2.75) is 26.8 Å². The predicted molar refractivity (Wildman–Crippen MR) is 109 cm³/mol. The summed E-state index contributed by atoms with van der Waals surface area (Å²) in [5.41, 5.74) is 3.17. The van der Waals surface area contributed by atoms with Crippen molar-refractivity contribution in [1.29, 1.82) is 0 Å². The number of anilines is 1. The maximum absolute atomic E-state index is 12.7. The molecule has 1 fully saturated rings. The molecule has 1 aliphatic rings. The Labute approximate surface area is 161 Å². The van der Waals surface area contributed by atoms with Gasteiger partial charge in [0.05, 0.1) is 12.3 Å². The first-order valence-corrected chi connectivity index (χ1v) is 9.71. The summed E-state index contributed by atoms with van der Waals surface area (Å²) in [4.78, 5) is 17.0. The third-order valence-corrected chi connectivity index (χ3v) is 4.75. The molecule has 27 heavy (non-hydrogen) atoms. The van der Waals surface area contributed by atoms with Gasteiger partial charge in [-0.2, -0.15) is 0 Å². The second-order valence-electron chi connectivity index (χ2n) is 7.03. The molecule has 1 aliphatic heterocycles. The molecule has 0 saturated carbocycles. The summed E-state index contributed by atoms with van der Waals surface area (Å²) in [5, 5.41) is 3.02. The minimum absolute atomic E-state index is 0.0560. The van der Waals surface area contributed by atoms with E-state index < -0.39 is 0 Å². The van der Waals surface area contributed by atoms with Crippen molar-refractivity contribution in [3.05, 3.63) is 59.7 Å². The minimum Gasteiger partial charge on any atom is -0.491 e. The molecule has 144 valence electrons. The molecule has 5 nitrogen and oxygen atoms in total. The van der Waals surface area contributed by atoms with Crippen LogP contribution in [-0.4, -0.2) is 48.6 Å². The molecule has 2 aromatic carbocycles. The molecule has 0 aliphatic carbocycles. The fourth-order valence-electron chi connectivity index (χ4n) is 3.21. The number of piperazine rings is 1. The monoisotopic (exact) mass is 367 g/mol. The second-order valence-corrected chi connectivity index (χ2v) is 7.03. The van der Waals surface area contributed by atoms with Gasteiger partial charge < -0.3 is 15.0 Å². The molecule has 1 saturated heterocycles. The van der Waals surface area contributed by atoms with Crippen molar-refractivity contribution >= 4 is 11.7 Å². The zero-order valence-corrected chi connectivity index (χ0v) is 16.3. The lowest BCUT2D eigenvalue weighted by Gasteiger charge is -2.34. The fraction of sp³-hybridized carbons (Fsp3) is 0.409. The third-order valence-electron chi connectivity index (χ3n) is 4.75. The molecule has 1 N–H and O–H groups in total. The third kappa shape index (κ3) is 5.47. The first kappa shape index (κ1) is 19.2. The molecule has 0 atom stereocenters. The van der Waals surface area contributed by atoms with Gasteiger partial charge >= 0.3 is 6.03 Å². The summed E-state index contributed by atoms with van der Waals surface area (Å²) >= 11 is 0. The van der Waals surface area contributed by atoms with Gasteiger partial charge in [-0.15, -0.1) is 0 Å². The average Bonchev–Trinajstić information content (AvgIpc) is 2.69. The summed E-state index contributed by atoms with van der Waals surface area (Å²) in [6.45, 7) is 8.91. The molecule has 0 aromatic heterocycles. The maximum atomic E-state index is 12.7. The molecule has 2 aromatic rings. The number of aryl methyl sites for hydroxylation is 1. The van der Waals surface area contributed by atoms with Gasteiger partial charge in [-0.1, -0.05) is 43.3 Å². The normalized spacial score (nSPS) is 14.8. The molecule has 0 spiro atoms. The van der Waals surface area contributed by atoms with Crippen LogP contribution in [0, 0.1) is 6.92 Å². The van der Waals surface area contributed by atoms with Crippen molar-refractivity contribution in [2.75, 3.05) is 38.1 Å². The van der Waals surface area contributed by atoms with Crippen LogP contribution in [0.4, 0.5) is 10.5 Å². The summed E-state index contributed by atoms with van der Waals surface area (Å²) in [6, 6.07) is 16.3. The highest BCUT2D eigenvalue weighted by atomic mass is 16.5. The Morgan fingerprint density at radius 3 is 2.52 bits per heavy atom. The van der Waals surface area contributed by atoms with Crippen LogP contribution in [0.5, 0.6) is 5.75 Å². The number of ether oxygens (including phenoxy) is 1. The van der Waals surface area contributed by atoms with Crippen LogP contribution in [0.2, 0.25) is 0 Å². The first-order valence-electron chi connectivity index (χ1n) is 9.71. The average molecular weight is 367 g/mol. The Morgan fingerprint density at radius 2 is 1.81 bits per heavy atom. The van der Waals surface area contributed by atoms with E-state index in [1.165, 1.54) is 5.56 Å². The zero-order chi connectivity index (χ0) is 19.1. The highest BCUT2D eigenvalue weighted by molar-refractivity contribution is 5.91. The van der Waals surface area contributed by atoms with E-state index in [9.17, 15) is 4.79 Å².